The molecular weight excluding hydrogens is 256 g/mol. The van der Waals surface area contributed by atoms with Gasteiger partial charge in [-0.2, -0.15) is 0 Å². The first-order valence-electron chi connectivity index (χ1n) is 5.99. The van der Waals surface area contributed by atoms with Gasteiger partial charge in [0.05, 0.1) is 4.92 Å². The van der Waals surface area contributed by atoms with Gasteiger partial charge in [0.15, 0.2) is 5.78 Å². The van der Waals surface area contributed by atoms with Gasteiger partial charge in [0.1, 0.15) is 0 Å². The summed E-state index contributed by atoms with van der Waals surface area (Å²) in [6, 6.07) is 9.73. The summed E-state index contributed by atoms with van der Waals surface area (Å²) in [6.07, 6.45) is 6.54. The van der Waals surface area contributed by atoms with Gasteiger partial charge < -0.3 is 0 Å². The van der Waals surface area contributed by atoms with Crippen molar-refractivity contribution in [2.24, 2.45) is 0 Å². The van der Waals surface area contributed by atoms with Gasteiger partial charge in [0.25, 0.3) is 5.69 Å². The molecule has 2 aromatic rings. The lowest BCUT2D eigenvalue weighted by atomic mass is 10.1. The molecule has 0 aliphatic carbocycles. The standard InChI is InChI=1S/C15H12N2O3/c18-15(10-13-4-2-8-16-11-13)7-6-12-3-1-5-14(9-12)17(19)20/h1-9,11H,10H2/b7-6+. The van der Waals surface area contributed by atoms with Crippen LogP contribution in [-0.2, 0) is 11.2 Å². The molecule has 0 atom stereocenters. The Balaban J connectivity index is 2.04. The van der Waals surface area contributed by atoms with E-state index in [9.17, 15) is 14.9 Å². The molecule has 0 unspecified atom stereocenters. The molecule has 0 spiro atoms. The van der Waals surface area contributed by atoms with Crippen LogP contribution in [0.25, 0.3) is 6.08 Å². The normalized spacial score (nSPS) is 10.6. The van der Waals surface area contributed by atoms with Gasteiger partial charge in [-0.05, 0) is 23.3 Å². The predicted octanol–water partition coefficient (Wildman–Crippen LogP) is 2.81. The maximum absolute atomic E-state index is 11.8. The summed E-state index contributed by atoms with van der Waals surface area (Å²) in [4.78, 5) is 25.9. The number of hydrogen-bond acceptors (Lipinski definition) is 4. The molecule has 0 aliphatic rings. The first-order valence-corrected chi connectivity index (χ1v) is 5.99. The van der Waals surface area contributed by atoms with Crippen molar-refractivity contribution in [2.45, 2.75) is 6.42 Å². The van der Waals surface area contributed by atoms with E-state index in [4.69, 9.17) is 0 Å². The maximum atomic E-state index is 11.8. The van der Waals surface area contributed by atoms with Crippen LogP contribution in [-0.4, -0.2) is 15.7 Å². The SMILES string of the molecule is O=C(/C=C/c1cccc([N+](=O)[O-])c1)Cc1cccnc1. The number of nitro groups is 1. The maximum Gasteiger partial charge on any atom is 0.270 e. The van der Waals surface area contributed by atoms with Gasteiger partial charge in [0.2, 0.25) is 0 Å². The molecule has 2 rings (SSSR count). The molecule has 0 amide bonds. The monoisotopic (exact) mass is 268 g/mol. The Labute approximate surface area is 115 Å². The number of rotatable bonds is 5. The third-order valence-corrected chi connectivity index (χ3v) is 2.64. The lowest BCUT2D eigenvalue weighted by Crippen LogP contribution is -1.98. The second-order valence-corrected chi connectivity index (χ2v) is 4.19. The average Bonchev–Trinajstić information content (AvgIpc) is 2.46. The zero-order valence-corrected chi connectivity index (χ0v) is 10.6. The number of ketones is 1. The minimum absolute atomic E-state index is 0.00635. The molecule has 0 radical (unpaired) electrons. The Kier molecular flexibility index (Phi) is 4.34. The quantitative estimate of drug-likeness (QED) is 0.475. The van der Waals surface area contributed by atoms with Crippen LogP contribution in [0.1, 0.15) is 11.1 Å². The highest BCUT2D eigenvalue weighted by atomic mass is 16.6. The van der Waals surface area contributed by atoms with E-state index in [2.05, 4.69) is 4.98 Å². The van der Waals surface area contributed by atoms with E-state index >= 15 is 0 Å². The minimum atomic E-state index is -0.463. The fraction of sp³-hybridized carbons (Fsp3) is 0.0667. The number of carbonyl (C=O) groups excluding carboxylic acids is 1. The Hall–Kier alpha value is -2.82. The van der Waals surface area contributed by atoms with Crippen molar-refractivity contribution in [1.82, 2.24) is 4.98 Å². The number of non-ortho nitro benzene ring substituents is 1. The number of pyridine rings is 1. The largest absolute Gasteiger partial charge is 0.294 e. The Morgan fingerprint density at radius 1 is 1.30 bits per heavy atom. The molecule has 0 N–H and O–H groups in total. The molecule has 0 fully saturated rings. The number of carbonyl (C=O) groups is 1. The topological polar surface area (TPSA) is 73.1 Å². The van der Waals surface area contributed by atoms with E-state index in [1.807, 2.05) is 6.07 Å². The summed E-state index contributed by atoms with van der Waals surface area (Å²) in [5, 5.41) is 10.6. The van der Waals surface area contributed by atoms with Crippen LogP contribution in [0.15, 0.2) is 54.9 Å². The molecule has 1 aromatic carbocycles. The molecule has 100 valence electrons. The summed E-state index contributed by atoms with van der Waals surface area (Å²) >= 11 is 0. The van der Waals surface area contributed by atoms with Gasteiger partial charge >= 0.3 is 0 Å². The lowest BCUT2D eigenvalue weighted by Gasteiger charge is -1.96. The van der Waals surface area contributed by atoms with E-state index in [1.54, 1.807) is 36.7 Å². The Morgan fingerprint density at radius 2 is 2.15 bits per heavy atom. The first kappa shape index (κ1) is 13.6. The van der Waals surface area contributed by atoms with Crippen molar-refractivity contribution in [3.63, 3.8) is 0 Å². The van der Waals surface area contributed by atoms with Crippen molar-refractivity contribution in [1.29, 1.82) is 0 Å². The van der Waals surface area contributed by atoms with Crippen LogP contribution < -0.4 is 0 Å². The second kappa shape index (κ2) is 6.38. The van der Waals surface area contributed by atoms with E-state index in [0.29, 0.717) is 5.56 Å². The van der Waals surface area contributed by atoms with Crippen LogP contribution in [0.2, 0.25) is 0 Å². The lowest BCUT2D eigenvalue weighted by molar-refractivity contribution is -0.384. The molecule has 5 nitrogen and oxygen atoms in total. The van der Waals surface area contributed by atoms with E-state index in [0.717, 1.165) is 5.56 Å². The van der Waals surface area contributed by atoms with Crippen LogP contribution in [0.4, 0.5) is 5.69 Å². The Bertz CT molecular complexity index is 651. The Morgan fingerprint density at radius 3 is 2.85 bits per heavy atom. The van der Waals surface area contributed by atoms with Crippen molar-refractivity contribution in [3.05, 3.63) is 76.1 Å². The number of aromatic nitrogens is 1. The van der Waals surface area contributed by atoms with Crippen LogP contribution >= 0.6 is 0 Å². The molecule has 0 bridgehead atoms. The van der Waals surface area contributed by atoms with Crippen molar-refractivity contribution in [3.8, 4) is 0 Å². The highest BCUT2D eigenvalue weighted by Gasteiger charge is 2.04. The van der Waals surface area contributed by atoms with Crippen LogP contribution in [0, 0.1) is 10.1 Å². The second-order valence-electron chi connectivity index (χ2n) is 4.19. The van der Waals surface area contributed by atoms with Crippen molar-refractivity contribution >= 4 is 17.5 Å². The van der Waals surface area contributed by atoms with E-state index < -0.39 is 4.92 Å². The molecule has 1 heterocycles. The molecule has 5 heteroatoms. The molecule has 0 aliphatic heterocycles. The fourth-order valence-electron chi connectivity index (χ4n) is 1.69. The number of allylic oxidation sites excluding steroid dienone is 1. The zero-order chi connectivity index (χ0) is 14.4. The number of nitro benzene ring substituents is 1. The summed E-state index contributed by atoms with van der Waals surface area (Å²) in [5.41, 5.74) is 1.46. The van der Waals surface area contributed by atoms with Crippen molar-refractivity contribution < 1.29 is 9.72 Å². The molecule has 20 heavy (non-hydrogen) atoms. The third kappa shape index (κ3) is 3.84. The van der Waals surface area contributed by atoms with E-state index in [1.165, 1.54) is 18.2 Å². The van der Waals surface area contributed by atoms with E-state index in [-0.39, 0.29) is 17.9 Å². The first-order chi connectivity index (χ1) is 9.65. The number of nitrogens with zero attached hydrogens (tertiary/aromatic N) is 2. The smallest absolute Gasteiger partial charge is 0.270 e. The average molecular weight is 268 g/mol. The highest BCUT2D eigenvalue weighted by molar-refractivity contribution is 5.95. The van der Waals surface area contributed by atoms with Crippen LogP contribution in [0.5, 0.6) is 0 Å². The molecule has 1 aromatic heterocycles. The third-order valence-electron chi connectivity index (χ3n) is 2.64. The summed E-state index contributed by atoms with van der Waals surface area (Å²) in [7, 11) is 0. The van der Waals surface area contributed by atoms with Gasteiger partial charge in [-0.25, -0.2) is 0 Å². The highest BCUT2D eigenvalue weighted by Crippen LogP contribution is 2.14. The van der Waals surface area contributed by atoms with Gasteiger partial charge in [0, 0.05) is 30.9 Å². The molecule has 0 saturated heterocycles. The predicted molar refractivity (Wildman–Crippen MR) is 75.1 cm³/mol. The molecular formula is C15H12N2O3. The van der Waals surface area contributed by atoms with Crippen LogP contribution in [0.3, 0.4) is 0 Å². The van der Waals surface area contributed by atoms with Gasteiger partial charge in [-0.15, -0.1) is 0 Å². The summed E-state index contributed by atoms with van der Waals surface area (Å²) in [6.45, 7) is 0. The number of benzene rings is 1. The van der Waals surface area contributed by atoms with Gasteiger partial charge in [-0.3, -0.25) is 19.9 Å². The van der Waals surface area contributed by atoms with Crippen molar-refractivity contribution in [2.75, 3.05) is 0 Å². The number of hydrogen-bond donors (Lipinski definition) is 0. The minimum Gasteiger partial charge on any atom is -0.294 e. The molecule has 0 saturated carbocycles. The summed E-state index contributed by atoms with van der Waals surface area (Å²) < 4.78 is 0. The fourth-order valence-corrected chi connectivity index (χ4v) is 1.69. The summed E-state index contributed by atoms with van der Waals surface area (Å²) in [5.74, 6) is -0.0792. The van der Waals surface area contributed by atoms with Gasteiger partial charge in [-0.1, -0.05) is 24.3 Å². The zero-order valence-electron chi connectivity index (χ0n) is 10.6.